The molecule has 0 aliphatic carbocycles. The van der Waals surface area contributed by atoms with Gasteiger partial charge in [-0.2, -0.15) is 0 Å². The average molecular weight is 726 g/mol. The van der Waals surface area contributed by atoms with Crippen molar-refractivity contribution in [3.63, 3.8) is 0 Å². The molecule has 0 aliphatic heterocycles. The summed E-state index contributed by atoms with van der Waals surface area (Å²) in [6.45, 7) is 0. The second-order valence-corrected chi connectivity index (χ2v) is 14.7. The summed E-state index contributed by atoms with van der Waals surface area (Å²) < 4.78 is 6.88. The zero-order valence-corrected chi connectivity index (χ0v) is 30.6. The van der Waals surface area contributed by atoms with Gasteiger partial charge in [0, 0.05) is 33.0 Å². The molecule has 12 aromatic rings. The zero-order valence-electron chi connectivity index (χ0n) is 30.6. The van der Waals surface area contributed by atoms with Crippen molar-refractivity contribution in [2.24, 2.45) is 0 Å². The normalized spacial score (nSPS) is 11.9. The van der Waals surface area contributed by atoms with Crippen LogP contribution in [0.4, 0.5) is 0 Å². The van der Waals surface area contributed by atoms with Gasteiger partial charge in [0.05, 0.1) is 0 Å². The number of benzene rings is 10. The first-order valence-corrected chi connectivity index (χ1v) is 19.3. The van der Waals surface area contributed by atoms with Crippen LogP contribution in [0.1, 0.15) is 0 Å². The summed E-state index contributed by atoms with van der Waals surface area (Å²) in [6.07, 6.45) is 0. The van der Waals surface area contributed by atoms with Crippen LogP contribution >= 0.6 is 0 Å². The first kappa shape index (κ1) is 31.6. The molecule has 0 N–H and O–H groups in total. The molecule has 57 heavy (non-hydrogen) atoms. The monoisotopic (exact) mass is 725 g/mol. The van der Waals surface area contributed by atoms with E-state index in [0.29, 0.717) is 17.5 Å². The van der Waals surface area contributed by atoms with Crippen molar-refractivity contribution in [3.05, 3.63) is 188 Å². The summed E-state index contributed by atoms with van der Waals surface area (Å²) in [4.78, 5) is 15.2. The summed E-state index contributed by atoms with van der Waals surface area (Å²) in [5.41, 5.74) is 6.66. The lowest BCUT2D eigenvalue weighted by molar-refractivity contribution is 0.670. The Kier molecular flexibility index (Phi) is 6.89. The number of furan rings is 1. The summed E-state index contributed by atoms with van der Waals surface area (Å²) >= 11 is 0. The second kappa shape index (κ2) is 12.4. The third kappa shape index (κ3) is 5.04. The molecule has 2 heterocycles. The third-order valence-corrected chi connectivity index (χ3v) is 11.4. The second-order valence-electron chi connectivity index (χ2n) is 14.7. The van der Waals surface area contributed by atoms with E-state index in [0.717, 1.165) is 65.9 Å². The maximum absolute atomic E-state index is 6.88. The Morgan fingerprint density at radius 3 is 1.51 bits per heavy atom. The number of nitrogens with zero attached hydrogens (tertiary/aromatic N) is 3. The lowest BCUT2D eigenvalue weighted by atomic mass is 9.90. The standard InChI is InChI=1S/C53H31N3O/c1-2-13-33(14-3-1)51-54-52(37-23-22-32-12-4-5-15-34(32)28-37)56-53(55-51)38-25-27-48-46(31-38)47-29-35-16-6-7-17-39(35)49(50(47)57-48)36-24-26-44-42-20-9-8-18-40(42)41-19-10-11-21-43(41)45(44)30-36/h1-31H. The van der Waals surface area contributed by atoms with Crippen LogP contribution in [-0.4, -0.2) is 15.0 Å². The van der Waals surface area contributed by atoms with Crippen LogP contribution in [0, 0.1) is 0 Å². The highest BCUT2D eigenvalue weighted by atomic mass is 16.3. The average Bonchev–Trinajstić information content (AvgIpc) is 3.65. The van der Waals surface area contributed by atoms with Crippen molar-refractivity contribution in [2.75, 3.05) is 0 Å². The number of aromatic nitrogens is 3. The molecule has 2 aromatic heterocycles. The van der Waals surface area contributed by atoms with E-state index in [1.54, 1.807) is 0 Å². The van der Waals surface area contributed by atoms with Crippen LogP contribution in [0.15, 0.2) is 192 Å². The third-order valence-electron chi connectivity index (χ3n) is 11.4. The molecule has 4 nitrogen and oxygen atoms in total. The number of hydrogen-bond acceptors (Lipinski definition) is 4. The first-order chi connectivity index (χ1) is 28.2. The van der Waals surface area contributed by atoms with Crippen molar-refractivity contribution in [3.8, 4) is 45.3 Å². The molecule has 264 valence electrons. The van der Waals surface area contributed by atoms with Crippen LogP contribution in [0.3, 0.4) is 0 Å². The first-order valence-electron chi connectivity index (χ1n) is 19.3. The van der Waals surface area contributed by atoms with Crippen molar-refractivity contribution >= 4 is 75.8 Å². The number of fused-ring (bicyclic) bond motifs is 11. The van der Waals surface area contributed by atoms with E-state index in [1.807, 2.05) is 30.3 Å². The van der Waals surface area contributed by atoms with Gasteiger partial charge in [0.25, 0.3) is 0 Å². The molecule has 0 unspecified atom stereocenters. The Bertz CT molecular complexity index is 3550. The highest BCUT2D eigenvalue weighted by Gasteiger charge is 2.20. The van der Waals surface area contributed by atoms with Gasteiger partial charge in [0.2, 0.25) is 0 Å². The Labute approximate surface area is 327 Å². The molecule has 0 bridgehead atoms. The SMILES string of the molecule is c1ccc(-c2nc(-c3ccc4ccccc4c3)nc(-c3ccc4oc5c(-c6ccc7c8ccccc8c8ccccc8c7c6)c6ccccc6cc5c4c3)n2)cc1. The molecule has 10 aromatic carbocycles. The highest BCUT2D eigenvalue weighted by Crippen LogP contribution is 2.44. The summed E-state index contributed by atoms with van der Waals surface area (Å²) in [5, 5.41) is 14.2. The van der Waals surface area contributed by atoms with Crippen LogP contribution in [0.25, 0.3) is 121 Å². The van der Waals surface area contributed by atoms with E-state index in [-0.39, 0.29) is 0 Å². The molecule has 0 atom stereocenters. The van der Waals surface area contributed by atoms with Gasteiger partial charge >= 0.3 is 0 Å². The van der Waals surface area contributed by atoms with Crippen molar-refractivity contribution in [1.82, 2.24) is 15.0 Å². The van der Waals surface area contributed by atoms with Crippen LogP contribution in [-0.2, 0) is 0 Å². The van der Waals surface area contributed by atoms with Crippen LogP contribution in [0.5, 0.6) is 0 Å². The lowest BCUT2D eigenvalue weighted by Crippen LogP contribution is -2.00. The Balaban J connectivity index is 1.08. The van der Waals surface area contributed by atoms with Gasteiger partial charge in [-0.1, -0.05) is 152 Å². The minimum atomic E-state index is 0.609. The van der Waals surface area contributed by atoms with Gasteiger partial charge < -0.3 is 4.42 Å². The maximum atomic E-state index is 6.88. The van der Waals surface area contributed by atoms with E-state index >= 15 is 0 Å². The molecule has 4 heteroatoms. The van der Waals surface area contributed by atoms with Gasteiger partial charge in [0.15, 0.2) is 17.5 Å². The molecule has 0 aliphatic rings. The number of rotatable bonds is 4. The molecule has 0 fully saturated rings. The smallest absolute Gasteiger partial charge is 0.164 e. The maximum Gasteiger partial charge on any atom is 0.164 e. The Hall–Kier alpha value is -7.69. The van der Waals surface area contributed by atoms with Gasteiger partial charge in [-0.15, -0.1) is 0 Å². The van der Waals surface area contributed by atoms with Crippen molar-refractivity contribution in [1.29, 1.82) is 0 Å². The minimum absolute atomic E-state index is 0.609. The number of hydrogen-bond donors (Lipinski definition) is 0. The fraction of sp³-hybridized carbons (Fsp3) is 0. The summed E-state index contributed by atoms with van der Waals surface area (Å²) in [7, 11) is 0. The molecule has 0 saturated heterocycles. The van der Waals surface area contributed by atoms with Gasteiger partial charge in [0.1, 0.15) is 11.2 Å². The van der Waals surface area contributed by atoms with E-state index in [9.17, 15) is 0 Å². The Morgan fingerprint density at radius 2 is 0.789 bits per heavy atom. The summed E-state index contributed by atoms with van der Waals surface area (Å²) in [6, 6.07) is 66.4. The topological polar surface area (TPSA) is 51.8 Å². The minimum Gasteiger partial charge on any atom is -0.455 e. The fourth-order valence-electron chi connectivity index (χ4n) is 8.74. The lowest BCUT2D eigenvalue weighted by Gasteiger charge is -2.13. The van der Waals surface area contributed by atoms with E-state index in [1.165, 1.54) is 37.7 Å². The molecule has 0 saturated carbocycles. The largest absolute Gasteiger partial charge is 0.455 e. The predicted octanol–water partition coefficient (Wildman–Crippen LogP) is 14.2. The molecule has 0 radical (unpaired) electrons. The Morgan fingerprint density at radius 1 is 0.281 bits per heavy atom. The van der Waals surface area contributed by atoms with E-state index < -0.39 is 0 Å². The molecule has 0 spiro atoms. The van der Waals surface area contributed by atoms with Crippen molar-refractivity contribution in [2.45, 2.75) is 0 Å². The fourth-order valence-corrected chi connectivity index (χ4v) is 8.74. The zero-order chi connectivity index (χ0) is 37.5. The highest BCUT2D eigenvalue weighted by molar-refractivity contribution is 6.27. The van der Waals surface area contributed by atoms with Crippen LogP contribution < -0.4 is 0 Å². The summed E-state index contributed by atoms with van der Waals surface area (Å²) in [5.74, 6) is 1.87. The molecule has 12 rings (SSSR count). The van der Waals surface area contributed by atoms with Gasteiger partial charge in [-0.25, -0.2) is 15.0 Å². The van der Waals surface area contributed by atoms with E-state index in [4.69, 9.17) is 19.4 Å². The van der Waals surface area contributed by atoms with Gasteiger partial charge in [-0.3, -0.25) is 0 Å². The van der Waals surface area contributed by atoms with Gasteiger partial charge in [-0.05, 0) is 95.8 Å². The van der Waals surface area contributed by atoms with E-state index in [2.05, 4.69) is 158 Å². The van der Waals surface area contributed by atoms with Crippen molar-refractivity contribution < 1.29 is 4.42 Å². The molecular weight excluding hydrogens is 695 g/mol. The quantitative estimate of drug-likeness (QED) is 0.170. The van der Waals surface area contributed by atoms with Crippen LogP contribution in [0.2, 0.25) is 0 Å². The molecular formula is C53H31N3O. The predicted molar refractivity (Wildman–Crippen MR) is 236 cm³/mol. The molecule has 0 amide bonds.